The lowest BCUT2D eigenvalue weighted by atomic mass is 9.98. The molecule has 2 amide bonds. The molecule has 0 N–H and O–H groups in total. The second-order valence-corrected chi connectivity index (χ2v) is 6.43. The third-order valence-corrected chi connectivity index (χ3v) is 4.93. The van der Waals surface area contributed by atoms with E-state index in [2.05, 4.69) is 19.9 Å². The van der Waals surface area contributed by atoms with Crippen molar-refractivity contribution in [3.05, 3.63) is 35.0 Å². The highest BCUT2D eigenvalue weighted by atomic mass is 16.5. The van der Waals surface area contributed by atoms with Gasteiger partial charge in [0, 0.05) is 23.9 Å². The number of benzene rings is 1. The smallest absolute Gasteiger partial charge is 0.325 e. The molecule has 23 heavy (non-hydrogen) atoms. The monoisotopic (exact) mass is 316 g/mol. The Morgan fingerprint density at radius 2 is 1.96 bits per heavy atom. The number of hydrogen-bond donors (Lipinski definition) is 0. The maximum Gasteiger partial charge on any atom is 0.325 e. The van der Waals surface area contributed by atoms with Crippen LogP contribution >= 0.6 is 0 Å². The molecule has 3 rings (SSSR count). The van der Waals surface area contributed by atoms with Crippen LogP contribution in [0.25, 0.3) is 0 Å². The lowest BCUT2D eigenvalue weighted by Crippen LogP contribution is -2.41. The molecule has 124 valence electrons. The van der Waals surface area contributed by atoms with Crippen LogP contribution in [0.1, 0.15) is 31.9 Å². The van der Waals surface area contributed by atoms with Gasteiger partial charge in [-0.2, -0.15) is 0 Å². The minimum Gasteiger partial charge on any atom is -0.497 e. The number of allylic oxidation sites excluding steroid dienone is 1. The fourth-order valence-corrected chi connectivity index (χ4v) is 3.72. The van der Waals surface area contributed by atoms with Crippen molar-refractivity contribution in [1.29, 1.82) is 0 Å². The summed E-state index contributed by atoms with van der Waals surface area (Å²) in [5.74, 6) is 1.57. The highest BCUT2D eigenvalue weighted by Crippen LogP contribution is 2.41. The summed E-state index contributed by atoms with van der Waals surface area (Å²) in [6, 6.07) is 3.97. The maximum atomic E-state index is 12.8. The summed E-state index contributed by atoms with van der Waals surface area (Å²) in [5.41, 5.74) is 2.99. The summed E-state index contributed by atoms with van der Waals surface area (Å²) in [6.45, 7) is 7.48. The third-order valence-electron chi connectivity index (χ3n) is 4.93. The molecule has 0 spiro atoms. The molecule has 0 unspecified atom stereocenters. The number of methoxy groups -OCH3 is 2. The highest BCUT2D eigenvalue weighted by molar-refractivity contribution is 5.82. The van der Waals surface area contributed by atoms with Gasteiger partial charge in [0.2, 0.25) is 0 Å². The van der Waals surface area contributed by atoms with E-state index in [-0.39, 0.29) is 11.6 Å². The Labute approximate surface area is 137 Å². The first-order valence-electron chi connectivity index (χ1n) is 7.97. The van der Waals surface area contributed by atoms with E-state index in [1.807, 2.05) is 28.9 Å². The lowest BCUT2D eigenvalue weighted by molar-refractivity contribution is 0.175. The van der Waals surface area contributed by atoms with E-state index in [0.717, 1.165) is 34.7 Å². The molecule has 0 aliphatic carbocycles. The van der Waals surface area contributed by atoms with Crippen molar-refractivity contribution >= 4 is 6.03 Å². The predicted octanol–water partition coefficient (Wildman–Crippen LogP) is 3.18. The lowest BCUT2D eigenvalue weighted by Gasteiger charge is -2.29. The van der Waals surface area contributed by atoms with Crippen LogP contribution in [0.15, 0.2) is 23.9 Å². The molecule has 1 aromatic carbocycles. The molecular weight excluding hydrogens is 292 g/mol. The van der Waals surface area contributed by atoms with E-state index in [4.69, 9.17) is 9.47 Å². The molecule has 0 bridgehead atoms. The topological polar surface area (TPSA) is 42.0 Å². The molecule has 1 saturated heterocycles. The number of rotatable bonds is 3. The fourth-order valence-electron chi connectivity index (χ4n) is 3.72. The molecule has 0 aromatic heterocycles. The van der Waals surface area contributed by atoms with Crippen LogP contribution in [-0.4, -0.2) is 42.1 Å². The van der Waals surface area contributed by atoms with Gasteiger partial charge in [-0.15, -0.1) is 0 Å². The molecule has 1 aromatic rings. The normalized spacial score (nSPS) is 19.0. The van der Waals surface area contributed by atoms with Crippen LogP contribution in [0.3, 0.4) is 0 Å². The average Bonchev–Trinajstić information content (AvgIpc) is 2.68. The van der Waals surface area contributed by atoms with Crippen molar-refractivity contribution < 1.29 is 14.3 Å². The molecular formula is C18H24N2O3. The Kier molecular flexibility index (Phi) is 3.74. The highest BCUT2D eigenvalue weighted by Gasteiger charge is 2.47. The maximum absolute atomic E-state index is 12.8. The molecule has 2 heterocycles. The Morgan fingerprint density at radius 3 is 2.57 bits per heavy atom. The number of fused-ring (bicyclic) bond motifs is 2. The Bertz CT molecular complexity index is 679. The van der Waals surface area contributed by atoms with Crippen LogP contribution in [0.2, 0.25) is 0 Å². The van der Waals surface area contributed by atoms with E-state index >= 15 is 0 Å². The van der Waals surface area contributed by atoms with Gasteiger partial charge < -0.3 is 14.4 Å². The van der Waals surface area contributed by atoms with Crippen molar-refractivity contribution in [2.75, 3.05) is 20.8 Å². The molecule has 5 heteroatoms. The zero-order valence-electron chi connectivity index (χ0n) is 14.5. The SMILES string of the molecule is CCN1C(=O)N2Cc3cc(OC)cc(OC)c3CC=C2C1(C)C. The van der Waals surface area contributed by atoms with E-state index < -0.39 is 0 Å². The van der Waals surface area contributed by atoms with Gasteiger partial charge in [-0.3, -0.25) is 4.90 Å². The van der Waals surface area contributed by atoms with Gasteiger partial charge in [-0.25, -0.2) is 4.79 Å². The number of hydrogen-bond acceptors (Lipinski definition) is 3. The zero-order valence-corrected chi connectivity index (χ0v) is 14.5. The van der Waals surface area contributed by atoms with Gasteiger partial charge in [0.1, 0.15) is 11.5 Å². The van der Waals surface area contributed by atoms with Crippen LogP contribution in [0.5, 0.6) is 11.5 Å². The van der Waals surface area contributed by atoms with Crippen LogP contribution in [0.4, 0.5) is 4.79 Å². The molecule has 0 saturated carbocycles. The Morgan fingerprint density at radius 1 is 1.22 bits per heavy atom. The van der Waals surface area contributed by atoms with Gasteiger partial charge in [-0.1, -0.05) is 6.08 Å². The first kappa shape index (κ1) is 15.7. The number of amides is 2. The predicted molar refractivity (Wildman–Crippen MR) is 88.7 cm³/mol. The van der Waals surface area contributed by atoms with Crippen LogP contribution < -0.4 is 9.47 Å². The number of ether oxygens (including phenoxy) is 2. The number of likely N-dealkylation sites (N-methyl/N-ethyl adjacent to an activating group) is 1. The molecule has 1 fully saturated rings. The van der Waals surface area contributed by atoms with Gasteiger partial charge in [0.15, 0.2) is 0 Å². The largest absolute Gasteiger partial charge is 0.497 e. The van der Waals surface area contributed by atoms with Crippen molar-refractivity contribution in [1.82, 2.24) is 9.80 Å². The zero-order chi connectivity index (χ0) is 16.8. The van der Waals surface area contributed by atoms with Gasteiger partial charge in [0.25, 0.3) is 0 Å². The summed E-state index contributed by atoms with van der Waals surface area (Å²) in [5, 5.41) is 0. The first-order valence-corrected chi connectivity index (χ1v) is 7.97. The molecule has 2 aliphatic rings. The number of carbonyl (C=O) groups is 1. The second kappa shape index (κ2) is 5.48. The fraction of sp³-hybridized carbons (Fsp3) is 0.500. The quantitative estimate of drug-likeness (QED) is 0.860. The average molecular weight is 316 g/mol. The van der Waals surface area contributed by atoms with Crippen LogP contribution in [-0.2, 0) is 13.0 Å². The van der Waals surface area contributed by atoms with Crippen molar-refractivity contribution in [3.8, 4) is 11.5 Å². The number of carbonyl (C=O) groups excluding carboxylic acids is 1. The third kappa shape index (κ3) is 2.26. The number of urea groups is 1. The summed E-state index contributed by atoms with van der Waals surface area (Å²) >= 11 is 0. The van der Waals surface area contributed by atoms with Crippen LogP contribution in [0, 0.1) is 0 Å². The first-order chi connectivity index (χ1) is 10.9. The van der Waals surface area contributed by atoms with Gasteiger partial charge >= 0.3 is 6.03 Å². The van der Waals surface area contributed by atoms with E-state index in [0.29, 0.717) is 13.1 Å². The summed E-state index contributed by atoms with van der Waals surface area (Å²) in [4.78, 5) is 16.6. The minimum absolute atomic E-state index is 0.0680. The molecule has 0 atom stereocenters. The van der Waals surface area contributed by atoms with E-state index in [1.54, 1.807) is 14.2 Å². The van der Waals surface area contributed by atoms with Crippen molar-refractivity contribution in [2.24, 2.45) is 0 Å². The Balaban J connectivity index is 2.09. The molecule has 2 aliphatic heterocycles. The van der Waals surface area contributed by atoms with Gasteiger partial charge in [0.05, 0.1) is 26.3 Å². The standard InChI is InChI=1S/C18H24N2O3/c1-6-20-17(21)19-11-12-9-13(22-4)10-15(23-5)14(12)7-8-16(19)18(20,2)3/h8-10H,6-7,11H2,1-5H3. The minimum atomic E-state index is -0.287. The second-order valence-electron chi connectivity index (χ2n) is 6.43. The summed E-state index contributed by atoms with van der Waals surface area (Å²) in [6.07, 6.45) is 2.91. The molecule has 0 radical (unpaired) electrons. The van der Waals surface area contributed by atoms with Crippen molar-refractivity contribution in [2.45, 2.75) is 39.3 Å². The van der Waals surface area contributed by atoms with E-state index in [9.17, 15) is 4.79 Å². The summed E-state index contributed by atoms with van der Waals surface area (Å²) in [7, 11) is 3.31. The number of nitrogens with zero attached hydrogens (tertiary/aromatic N) is 2. The van der Waals surface area contributed by atoms with E-state index in [1.165, 1.54) is 0 Å². The Hall–Kier alpha value is -2.17. The summed E-state index contributed by atoms with van der Waals surface area (Å²) < 4.78 is 10.9. The van der Waals surface area contributed by atoms with Crippen molar-refractivity contribution in [3.63, 3.8) is 0 Å². The van der Waals surface area contributed by atoms with Gasteiger partial charge in [-0.05, 0) is 38.8 Å². The molecule has 5 nitrogen and oxygen atoms in total.